The summed E-state index contributed by atoms with van der Waals surface area (Å²) in [7, 11) is 0. The highest BCUT2D eigenvalue weighted by molar-refractivity contribution is 5.90. The van der Waals surface area contributed by atoms with E-state index in [2.05, 4.69) is 47.4 Å². The van der Waals surface area contributed by atoms with Gasteiger partial charge >= 0.3 is 0 Å². The van der Waals surface area contributed by atoms with Crippen LogP contribution in [-0.4, -0.2) is 26.7 Å². The fourth-order valence-electron chi connectivity index (χ4n) is 2.83. The molecule has 0 saturated carbocycles. The topological polar surface area (TPSA) is 59.8 Å². The first kappa shape index (κ1) is 16.2. The number of fused-ring (bicyclic) bond motifs is 1. The van der Waals surface area contributed by atoms with Crippen molar-refractivity contribution in [1.29, 1.82) is 0 Å². The molecule has 5 nitrogen and oxygen atoms in total. The Kier molecular flexibility index (Phi) is 4.89. The van der Waals surface area contributed by atoms with E-state index in [0.717, 1.165) is 16.3 Å². The van der Waals surface area contributed by atoms with Crippen LogP contribution in [0.2, 0.25) is 0 Å². The van der Waals surface area contributed by atoms with Crippen molar-refractivity contribution in [3.8, 4) is 0 Å². The summed E-state index contributed by atoms with van der Waals surface area (Å²) in [6.07, 6.45) is 3.56. The second kappa shape index (κ2) is 7.25. The molecule has 5 heteroatoms. The summed E-state index contributed by atoms with van der Waals surface area (Å²) >= 11 is 0. The van der Waals surface area contributed by atoms with Gasteiger partial charge in [0.15, 0.2) is 0 Å². The SMILES string of the molecule is CC(C)C(Cn1cncn1)NC(=O)Cc1cccc2ccccc12. The lowest BCUT2D eigenvalue weighted by Crippen LogP contribution is -2.42. The molecule has 1 unspecified atom stereocenters. The van der Waals surface area contributed by atoms with Crippen LogP contribution in [0.5, 0.6) is 0 Å². The van der Waals surface area contributed by atoms with Gasteiger partial charge in [0.1, 0.15) is 12.7 Å². The van der Waals surface area contributed by atoms with Crippen molar-refractivity contribution in [2.75, 3.05) is 0 Å². The molecule has 1 N–H and O–H groups in total. The van der Waals surface area contributed by atoms with Crippen molar-refractivity contribution in [1.82, 2.24) is 20.1 Å². The van der Waals surface area contributed by atoms with E-state index >= 15 is 0 Å². The highest BCUT2D eigenvalue weighted by atomic mass is 16.1. The van der Waals surface area contributed by atoms with Crippen LogP contribution in [0.25, 0.3) is 10.8 Å². The van der Waals surface area contributed by atoms with E-state index in [9.17, 15) is 4.79 Å². The number of hydrogen-bond acceptors (Lipinski definition) is 3. The summed E-state index contributed by atoms with van der Waals surface area (Å²) in [5.74, 6) is 0.343. The fraction of sp³-hybridized carbons (Fsp3) is 0.316. The number of carbonyl (C=O) groups is 1. The summed E-state index contributed by atoms with van der Waals surface area (Å²) < 4.78 is 1.75. The average molecular weight is 322 g/mol. The van der Waals surface area contributed by atoms with E-state index in [1.165, 1.54) is 6.33 Å². The Morgan fingerprint density at radius 3 is 2.71 bits per heavy atom. The monoisotopic (exact) mass is 322 g/mol. The molecule has 0 spiro atoms. The zero-order chi connectivity index (χ0) is 16.9. The molecule has 0 aliphatic heterocycles. The van der Waals surface area contributed by atoms with E-state index in [4.69, 9.17) is 0 Å². The predicted molar refractivity (Wildman–Crippen MR) is 94.4 cm³/mol. The van der Waals surface area contributed by atoms with Crippen LogP contribution < -0.4 is 5.32 Å². The Hall–Kier alpha value is -2.69. The summed E-state index contributed by atoms with van der Waals surface area (Å²) in [5, 5.41) is 9.56. The molecule has 0 bridgehead atoms. The van der Waals surface area contributed by atoms with Gasteiger partial charge in [-0.2, -0.15) is 5.10 Å². The summed E-state index contributed by atoms with van der Waals surface area (Å²) in [4.78, 5) is 16.5. The molecular formula is C19H22N4O. The van der Waals surface area contributed by atoms with Gasteiger partial charge in [0.25, 0.3) is 0 Å². The van der Waals surface area contributed by atoms with Gasteiger partial charge in [-0.05, 0) is 22.3 Å². The van der Waals surface area contributed by atoms with Crippen molar-refractivity contribution in [3.05, 3.63) is 60.7 Å². The summed E-state index contributed by atoms with van der Waals surface area (Å²) in [5.41, 5.74) is 1.05. The third-order valence-electron chi connectivity index (χ3n) is 4.23. The highest BCUT2D eigenvalue weighted by Crippen LogP contribution is 2.19. The molecule has 0 saturated heterocycles. The smallest absolute Gasteiger partial charge is 0.224 e. The van der Waals surface area contributed by atoms with Crippen LogP contribution in [0.15, 0.2) is 55.1 Å². The largest absolute Gasteiger partial charge is 0.351 e. The number of amides is 1. The van der Waals surface area contributed by atoms with Crippen LogP contribution in [0.3, 0.4) is 0 Å². The van der Waals surface area contributed by atoms with Gasteiger partial charge in [-0.3, -0.25) is 9.48 Å². The zero-order valence-corrected chi connectivity index (χ0v) is 14.0. The summed E-state index contributed by atoms with van der Waals surface area (Å²) in [6.45, 7) is 4.82. The molecule has 1 heterocycles. The highest BCUT2D eigenvalue weighted by Gasteiger charge is 2.18. The van der Waals surface area contributed by atoms with Crippen molar-refractivity contribution in [2.45, 2.75) is 32.9 Å². The zero-order valence-electron chi connectivity index (χ0n) is 14.0. The van der Waals surface area contributed by atoms with Crippen molar-refractivity contribution in [2.24, 2.45) is 5.92 Å². The van der Waals surface area contributed by atoms with Gasteiger partial charge in [0.2, 0.25) is 5.91 Å². The molecule has 1 amide bonds. The maximum Gasteiger partial charge on any atom is 0.224 e. The Bertz CT molecular complexity index is 806. The van der Waals surface area contributed by atoms with Crippen molar-refractivity contribution >= 4 is 16.7 Å². The van der Waals surface area contributed by atoms with Crippen LogP contribution in [0, 0.1) is 5.92 Å². The minimum Gasteiger partial charge on any atom is -0.351 e. The van der Waals surface area contributed by atoms with E-state index in [0.29, 0.717) is 18.9 Å². The standard InChI is InChI=1S/C19H22N4O/c1-14(2)18(11-23-13-20-12-21-23)22-19(24)10-16-8-5-7-15-6-3-4-9-17(15)16/h3-9,12-14,18H,10-11H2,1-2H3,(H,22,24). The Labute approximate surface area is 141 Å². The minimum atomic E-state index is 0.0224. The van der Waals surface area contributed by atoms with E-state index < -0.39 is 0 Å². The van der Waals surface area contributed by atoms with Crippen LogP contribution in [0.4, 0.5) is 0 Å². The van der Waals surface area contributed by atoms with E-state index in [-0.39, 0.29) is 11.9 Å². The molecule has 124 valence electrons. The molecule has 0 radical (unpaired) electrons. The Balaban J connectivity index is 1.71. The molecule has 0 aliphatic carbocycles. The first-order valence-corrected chi connectivity index (χ1v) is 8.22. The molecule has 1 atom stereocenters. The predicted octanol–water partition coefficient (Wildman–Crippen LogP) is 2.81. The first-order chi connectivity index (χ1) is 11.6. The number of aromatic nitrogens is 3. The van der Waals surface area contributed by atoms with Gasteiger partial charge < -0.3 is 5.32 Å². The van der Waals surface area contributed by atoms with Gasteiger partial charge in [0.05, 0.1) is 19.0 Å². The normalized spacial score (nSPS) is 12.5. The van der Waals surface area contributed by atoms with Crippen LogP contribution in [-0.2, 0) is 17.8 Å². The molecule has 0 aliphatic rings. The van der Waals surface area contributed by atoms with E-state index in [1.54, 1.807) is 11.0 Å². The van der Waals surface area contributed by atoms with E-state index in [1.807, 2.05) is 24.3 Å². The Morgan fingerprint density at radius 2 is 1.96 bits per heavy atom. The lowest BCUT2D eigenvalue weighted by Gasteiger charge is -2.22. The lowest BCUT2D eigenvalue weighted by atomic mass is 10.0. The van der Waals surface area contributed by atoms with Crippen molar-refractivity contribution < 1.29 is 4.79 Å². The molecule has 0 fully saturated rings. The molecule has 3 aromatic rings. The lowest BCUT2D eigenvalue weighted by molar-refractivity contribution is -0.121. The third-order valence-corrected chi connectivity index (χ3v) is 4.23. The number of nitrogens with one attached hydrogen (secondary N) is 1. The minimum absolute atomic E-state index is 0.0224. The molecule has 1 aromatic heterocycles. The maximum absolute atomic E-state index is 12.5. The van der Waals surface area contributed by atoms with Gasteiger partial charge in [0, 0.05) is 0 Å². The molecule has 3 rings (SSSR count). The van der Waals surface area contributed by atoms with Crippen LogP contribution >= 0.6 is 0 Å². The Morgan fingerprint density at radius 1 is 1.17 bits per heavy atom. The number of benzene rings is 2. The molecule has 24 heavy (non-hydrogen) atoms. The number of carbonyl (C=O) groups excluding carboxylic acids is 1. The fourth-order valence-corrected chi connectivity index (χ4v) is 2.83. The first-order valence-electron chi connectivity index (χ1n) is 8.22. The number of rotatable bonds is 6. The third kappa shape index (κ3) is 3.79. The van der Waals surface area contributed by atoms with Crippen molar-refractivity contribution in [3.63, 3.8) is 0 Å². The maximum atomic E-state index is 12.5. The van der Waals surface area contributed by atoms with Gasteiger partial charge in [-0.25, -0.2) is 4.98 Å². The number of nitrogens with zero attached hydrogens (tertiary/aromatic N) is 3. The second-order valence-electron chi connectivity index (χ2n) is 6.35. The van der Waals surface area contributed by atoms with Gasteiger partial charge in [-0.15, -0.1) is 0 Å². The molecule has 2 aromatic carbocycles. The number of hydrogen-bond donors (Lipinski definition) is 1. The van der Waals surface area contributed by atoms with Gasteiger partial charge in [-0.1, -0.05) is 56.3 Å². The quantitative estimate of drug-likeness (QED) is 0.759. The molecular weight excluding hydrogens is 300 g/mol. The summed E-state index contributed by atoms with van der Waals surface area (Å²) in [6, 6.07) is 14.3. The second-order valence-corrected chi connectivity index (χ2v) is 6.35. The average Bonchev–Trinajstić information content (AvgIpc) is 3.07. The van der Waals surface area contributed by atoms with Crippen LogP contribution in [0.1, 0.15) is 19.4 Å².